The molecule has 16 heavy (non-hydrogen) atoms. The molecule has 5 heteroatoms. The zero-order chi connectivity index (χ0) is 11.4. The zero-order valence-electron chi connectivity index (χ0n) is 9.23. The molecule has 0 saturated carbocycles. The van der Waals surface area contributed by atoms with Crippen LogP contribution in [0.5, 0.6) is 0 Å². The van der Waals surface area contributed by atoms with Gasteiger partial charge < -0.3 is 10.6 Å². The van der Waals surface area contributed by atoms with Crippen molar-refractivity contribution in [1.82, 2.24) is 15.0 Å². The Hall–Kier alpha value is -2.17. The van der Waals surface area contributed by atoms with Crippen molar-refractivity contribution in [3.8, 4) is 11.3 Å². The lowest BCUT2D eigenvalue weighted by molar-refractivity contribution is 1.14. The molecule has 2 aromatic rings. The highest BCUT2D eigenvalue weighted by molar-refractivity contribution is 5.63. The molecular weight excluding hydrogens is 202 g/mol. The van der Waals surface area contributed by atoms with E-state index in [2.05, 4.69) is 25.6 Å². The molecule has 0 saturated heterocycles. The highest BCUT2D eigenvalue weighted by Gasteiger charge is 2.04. The van der Waals surface area contributed by atoms with Crippen molar-refractivity contribution < 1.29 is 0 Å². The van der Waals surface area contributed by atoms with E-state index in [0.717, 1.165) is 17.1 Å². The number of rotatable bonds is 3. The fourth-order valence-corrected chi connectivity index (χ4v) is 1.35. The Kier molecular flexibility index (Phi) is 2.95. The summed E-state index contributed by atoms with van der Waals surface area (Å²) in [6.07, 6.45) is 3.52. The lowest BCUT2D eigenvalue weighted by Gasteiger charge is -2.06. The highest BCUT2D eigenvalue weighted by Crippen LogP contribution is 2.19. The van der Waals surface area contributed by atoms with Crippen LogP contribution < -0.4 is 10.6 Å². The molecule has 2 aromatic heterocycles. The third kappa shape index (κ3) is 2.08. The summed E-state index contributed by atoms with van der Waals surface area (Å²) in [5.74, 6) is 1.36. The van der Waals surface area contributed by atoms with Gasteiger partial charge in [0, 0.05) is 38.1 Å². The standard InChI is InChI=1S/C11H13N5/c1-12-10-6-9(15-11(13-2)16-10)8-4-3-5-14-7-8/h3-7H,1-2H3,(H2,12,13,15,16). The Morgan fingerprint density at radius 3 is 2.62 bits per heavy atom. The molecule has 2 heterocycles. The number of pyridine rings is 1. The lowest BCUT2D eigenvalue weighted by Crippen LogP contribution is -2.01. The molecular formula is C11H13N5. The van der Waals surface area contributed by atoms with Crippen LogP contribution in [0, 0.1) is 0 Å². The average molecular weight is 215 g/mol. The fraction of sp³-hybridized carbons (Fsp3) is 0.182. The number of aromatic nitrogens is 3. The Bertz CT molecular complexity index is 447. The summed E-state index contributed by atoms with van der Waals surface area (Å²) in [5, 5.41) is 5.93. The fourth-order valence-electron chi connectivity index (χ4n) is 1.35. The minimum Gasteiger partial charge on any atom is -0.373 e. The van der Waals surface area contributed by atoms with Crippen LogP contribution in [0.3, 0.4) is 0 Å². The molecule has 0 fully saturated rings. The molecule has 0 radical (unpaired) electrons. The number of nitrogens with one attached hydrogen (secondary N) is 2. The van der Waals surface area contributed by atoms with Gasteiger partial charge in [-0.15, -0.1) is 0 Å². The Morgan fingerprint density at radius 2 is 2.00 bits per heavy atom. The van der Waals surface area contributed by atoms with Crippen LogP contribution in [0.2, 0.25) is 0 Å². The Morgan fingerprint density at radius 1 is 1.12 bits per heavy atom. The number of anilines is 2. The summed E-state index contributed by atoms with van der Waals surface area (Å²) in [7, 11) is 3.62. The van der Waals surface area contributed by atoms with E-state index in [1.165, 1.54) is 0 Å². The summed E-state index contributed by atoms with van der Waals surface area (Å²) < 4.78 is 0. The maximum atomic E-state index is 4.37. The summed E-state index contributed by atoms with van der Waals surface area (Å²) in [6, 6.07) is 5.74. The molecule has 5 nitrogen and oxygen atoms in total. The molecule has 0 amide bonds. The van der Waals surface area contributed by atoms with E-state index in [-0.39, 0.29) is 0 Å². The third-order valence-corrected chi connectivity index (χ3v) is 2.16. The van der Waals surface area contributed by atoms with Crippen molar-refractivity contribution in [1.29, 1.82) is 0 Å². The maximum Gasteiger partial charge on any atom is 0.224 e. The van der Waals surface area contributed by atoms with Gasteiger partial charge in [-0.25, -0.2) is 4.98 Å². The quantitative estimate of drug-likeness (QED) is 0.814. The summed E-state index contributed by atoms with van der Waals surface area (Å²) >= 11 is 0. The van der Waals surface area contributed by atoms with Gasteiger partial charge in [-0.05, 0) is 12.1 Å². The van der Waals surface area contributed by atoms with Crippen LogP contribution in [-0.2, 0) is 0 Å². The highest BCUT2D eigenvalue weighted by atomic mass is 15.1. The van der Waals surface area contributed by atoms with Gasteiger partial charge in [0.1, 0.15) is 5.82 Å². The van der Waals surface area contributed by atoms with E-state index < -0.39 is 0 Å². The van der Waals surface area contributed by atoms with Gasteiger partial charge >= 0.3 is 0 Å². The van der Waals surface area contributed by atoms with E-state index in [0.29, 0.717) is 5.95 Å². The van der Waals surface area contributed by atoms with Crippen LogP contribution in [-0.4, -0.2) is 29.0 Å². The van der Waals surface area contributed by atoms with Crippen LogP contribution in [0.1, 0.15) is 0 Å². The second-order valence-corrected chi connectivity index (χ2v) is 3.20. The van der Waals surface area contributed by atoms with Gasteiger partial charge in [-0.1, -0.05) is 0 Å². The van der Waals surface area contributed by atoms with E-state index >= 15 is 0 Å². The Balaban J connectivity index is 2.48. The third-order valence-electron chi connectivity index (χ3n) is 2.16. The van der Waals surface area contributed by atoms with Crippen LogP contribution in [0.25, 0.3) is 11.3 Å². The van der Waals surface area contributed by atoms with Gasteiger partial charge in [0.2, 0.25) is 5.95 Å². The van der Waals surface area contributed by atoms with Gasteiger partial charge in [-0.3, -0.25) is 4.98 Å². The predicted molar refractivity (Wildman–Crippen MR) is 64.4 cm³/mol. The molecule has 2 N–H and O–H groups in total. The molecule has 0 spiro atoms. The second kappa shape index (κ2) is 4.57. The summed E-state index contributed by atoms with van der Waals surface area (Å²) in [5.41, 5.74) is 1.81. The van der Waals surface area contributed by atoms with Gasteiger partial charge in [0.25, 0.3) is 0 Å². The molecule has 0 aromatic carbocycles. The predicted octanol–water partition coefficient (Wildman–Crippen LogP) is 1.62. The molecule has 2 rings (SSSR count). The van der Waals surface area contributed by atoms with Crippen molar-refractivity contribution in [3.05, 3.63) is 30.6 Å². The molecule has 0 atom stereocenters. The van der Waals surface area contributed by atoms with Crippen LogP contribution >= 0.6 is 0 Å². The average Bonchev–Trinajstić information content (AvgIpc) is 2.39. The SMILES string of the molecule is CNc1cc(-c2cccnc2)nc(NC)n1. The van der Waals surface area contributed by atoms with E-state index in [1.54, 1.807) is 19.4 Å². The van der Waals surface area contributed by atoms with Crippen molar-refractivity contribution >= 4 is 11.8 Å². The van der Waals surface area contributed by atoms with Crippen LogP contribution in [0.15, 0.2) is 30.6 Å². The van der Waals surface area contributed by atoms with Crippen LogP contribution in [0.4, 0.5) is 11.8 Å². The zero-order valence-corrected chi connectivity index (χ0v) is 9.23. The molecule has 0 aliphatic carbocycles. The minimum absolute atomic E-state index is 0.589. The van der Waals surface area contributed by atoms with Crippen molar-refractivity contribution in [3.63, 3.8) is 0 Å². The smallest absolute Gasteiger partial charge is 0.224 e. The number of nitrogens with zero attached hydrogens (tertiary/aromatic N) is 3. The first-order chi connectivity index (χ1) is 7.83. The number of hydrogen-bond donors (Lipinski definition) is 2. The van der Waals surface area contributed by atoms with Crippen molar-refractivity contribution in [2.45, 2.75) is 0 Å². The van der Waals surface area contributed by atoms with E-state index in [9.17, 15) is 0 Å². The van der Waals surface area contributed by atoms with Gasteiger partial charge in [-0.2, -0.15) is 4.98 Å². The topological polar surface area (TPSA) is 62.7 Å². The second-order valence-electron chi connectivity index (χ2n) is 3.20. The van der Waals surface area contributed by atoms with Gasteiger partial charge in [0.05, 0.1) is 5.69 Å². The largest absolute Gasteiger partial charge is 0.373 e. The molecule has 0 aliphatic rings. The molecule has 0 aliphatic heterocycles. The monoisotopic (exact) mass is 215 g/mol. The normalized spacial score (nSPS) is 9.88. The van der Waals surface area contributed by atoms with Crippen molar-refractivity contribution in [2.24, 2.45) is 0 Å². The Labute approximate surface area is 94.0 Å². The number of hydrogen-bond acceptors (Lipinski definition) is 5. The van der Waals surface area contributed by atoms with Gasteiger partial charge in [0.15, 0.2) is 0 Å². The summed E-state index contributed by atoms with van der Waals surface area (Å²) in [6.45, 7) is 0. The minimum atomic E-state index is 0.589. The van der Waals surface area contributed by atoms with Crippen molar-refractivity contribution in [2.75, 3.05) is 24.7 Å². The molecule has 0 bridgehead atoms. The lowest BCUT2D eigenvalue weighted by atomic mass is 10.2. The van der Waals surface area contributed by atoms with E-state index in [1.807, 2.05) is 25.2 Å². The molecule has 0 unspecified atom stereocenters. The first-order valence-electron chi connectivity index (χ1n) is 4.98. The first kappa shape index (κ1) is 10.4. The van der Waals surface area contributed by atoms with E-state index in [4.69, 9.17) is 0 Å². The first-order valence-corrected chi connectivity index (χ1v) is 4.98. The maximum absolute atomic E-state index is 4.37. The summed E-state index contributed by atoms with van der Waals surface area (Å²) in [4.78, 5) is 12.7. The molecule has 82 valence electrons.